The Hall–Kier alpha value is -2.41. The van der Waals surface area contributed by atoms with Gasteiger partial charge in [0.25, 0.3) is 0 Å². The fourth-order valence-corrected chi connectivity index (χ4v) is 10.8. The van der Waals surface area contributed by atoms with E-state index < -0.39 is 5.41 Å². The lowest BCUT2D eigenvalue weighted by Gasteiger charge is -2.57. The summed E-state index contributed by atoms with van der Waals surface area (Å²) < 4.78 is 0. The zero-order valence-electron chi connectivity index (χ0n) is 29.0. The van der Waals surface area contributed by atoms with Gasteiger partial charge in [0.2, 0.25) is 5.91 Å². The van der Waals surface area contributed by atoms with Crippen LogP contribution in [-0.4, -0.2) is 49.8 Å². The number of hydrogen-bond acceptors (Lipinski definition) is 5. The molecule has 9 atom stereocenters. The third-order valence-electron chi connectivity index (χ3n) is 13.7. The van der Waals surface area contributed by atoms with Crippen molar-refractivity contribution in [2.75, 3.05) is 30.9 Å². The topological polar surface area (TPSA) is 59.6 Å². The third-order valence-corrected chi connectivity index (χ3v) is 13.7. The quantitative estimate of drug-likeness (QED) is 0.320. The van der Waals surface area contributed by atoms with Crippen LogP contribution in [0, 0.1) is 28.6 Å². The molecule has 6 fully saturated rings. The van der Waals surface area contributed by atoms with Crippen LogP contribution in [0.3, 0.4) is 0 Å². The highest BCUT2D eigenvalue weighted by Gasteiger charge is 2.63. The van der Waals surface area contributed by atoms with E-state index in [-0.39, 0.29) is 17.5 Å². The van der Waals surface area contributed by atoms with Gasteiger partial charge in [-0.05, 0) is 99.1 Å². The van der Waals surface area contributed by atoms with Gasteiger partial charge in [-0.2, -0.15) is 0 Å². The zero-order valence-corrected chi connectivity index (χ0v) is 29.0. The van der Waals surface area contributed by atoms with E-state index in [2.05, 4.69) is 102 Å². The number of hydrogen-bond donors (Lipinski definition) is 3. The first kappa shape index (κ1) is 32.2. The number of amides is 1. The van der Waals surface area contributed by atoms with Crippen LogP contribution in [0.25, 0.3) is 11.1 Å². The molecule has 7 bridgehead atoms. The van der Waals surface area contributed by atoms with E-state index in [1.165, 1.54) is 88.3 Å². The third kappa shape index (κ3) is 5.71. The van der Waals surface area contributed by atoms with Gasteiger partial charge in [-0.15, -0.1) is 0 Å². The number of fused-ring (bicyclic) bond motifs is 1. The molecule has 6 aliphatic rings. The Morgan fingerprint density at radius 3 is 2.35 bits per heavy atom. The van der Waals surface area contributed by atoms with Crippen molar-refractivity contribution < 1.29 is 4.79 Å². The highest BCUT2D eigenvalue weighted by molar-refractivity contribution is 5.97. The summed E-state index contributed by atoms with van der Waals surface area (Å²) in [5, 5.41) is 10.3. The first-order valence-electron chi connectivity index (χ1n) is 18.8. The second-order valence-electron chi connectivity index (χ2n) is 16.0. The summed E-state index contributed by atoms with van der Waals surface area (Å²) in [5.74, 6) is 2.23. The molecule has 2 aromatic carbocycles. The molecule has 2 aliphatic carbocycles. The van der Waals surface area contributed by atoms with E-state index in [4.69, 9.17) is 0 Å². The average molecular weight is 626 g/mol. The fourth-order valence-electron chi connectivity index (χ4n) is 10.8. The van der Waals surface area contributed by atoms with E-state index in [1.807, 2.05) is 0 Å². The van der Waals surface area contributed by atoms with Crippen LogP contribution in [0.15, 0.2) is 48.5 Å². The minimum atomic E-state index is -0.527. The van der Waals surface area contributed by atoms with Crippen LogP contribution < -0.4 is 21.0 Å². The molecule has 9 unspecified atom stereocenters. The van der Waals surface area contributed by atoms with Crippen molar-refractivity contribution in [2.45, 2.75) is 122 Å². The average Bonchev–Trinajstić information content (AvgIpc) is 3.42. The van der Waals surface area contributed by atoms with E-state index >= 15 is 4.79 Å². The Balaban J connectivity index is 1.26. The molecule has 250 valence electrons. The maximum atomic E-state index is 15.1. The minimum absolute atomic E-state index is 0.00450. The van der Waals surface area contributed by atoms with Crippen LogP contribution >= 0.6 is 0 Å². The van der Waals surface area contributed by atoms with Crippen molar-refractivity contribution >= 4 is 17.3 Å². The van der Waals surface area contributed by atoms with Gasteiger partial charge >= 0.3 is 0 Å². The fraction of sp³-hybridized carbons (Fsp3) is 0.675. The minimum Gasteiger partial charge on any atom is -0.378 e. The number of carbonyl (C=O) groups is 1. The summed E-state index contributed by atoms with van der Waals surface area (Å²) >= 11 is 0. The molecule has 46 heavy (non-hydrogen) atoms. The second kappa shape index (κ2) is 13.2. The lowest BCUT2D eigenvalue weighted by molar-refractivity contribution is -0.139. The molecule has 1 amide bonds. The zero-order chi connectivity index (χ0) is 31.9. The Labute approximate surface area is 278 Å². The van der Waals surface area contributed by atoms with Crippen LogP contribution in [0.5, 0.6) is 0 Å². The summed E-state index contributed by atoms with van der Waals surface area (Å²) in [7, 11) is 4.16. The summed E-state index contributed by atoms with van der Waals surface area (Å²) in [4.78, 5) is 17.3. The van der Waals surface area contributed by atoms with Gasteiger partial charge in [0.15, 0.2) is 0 Å². The first-order valence-corrected chi connectivity index (χ1v) is 18.8. The highest BCUT2D eigenvalue weighted by atomic mass is 16.2. The van der Waals surface area contributed by atoms with Gasteiger partial charge in [-0.25, -0.2) is 5.01 Å². The monoisotopic (exact) mass is 625 g/mol. The van der Waals surface area contributed by atoms with Crippen LogP contribution in [-0.2, 0) is 4.79 Å². The molecular formula is C40H59N5O. The number of nitrogens with one attached hydrogen (secondary N) is 3. The predicted octanol–water partition coefficient (Wildman–Crippen LogP) is 8.21. The van der Waals surface area contributed by atoms with Gasteiger partial charge in [0, 0.05) is 49.5 Å². The molecular weight excluding hydrogens is 566 g/mol. The molecule has 4 aliphatic heterocycles. The van der Waals surface area contributed by atoms with Crippen molar-refractivity contribution in [1.82, 2.24) is 15.8 Å². The maximum Gasteiger partial charge on any atom is 0.235 e. The van der Waals surface area contributed by atoms with Crippen LogP contribution in [0.1, 0.15) is 104 Å². The van der Waals surface area contributed by atoms with Gasteiger partial charge < -0.3 is 10.2 Å². The van der Waals surface area contributed by atoms with Gasteiger partial charge in [-0.1, -0.05) is 82.1 Å². The number of carbonyl (C=O) groups excluding carboxylic acids is 1. The Kier molecular flexibility index (Phi) is 9.26. The predicted molar refractivity (Wildman–Crippen MR) is 190 cm³/mol. The largest absolute Gasteiger partial charge is 0.378 e. The molecule has 4 saturated heterocycles. The summed E-state index contributed by atoms with van der Waals surface area (Å²) in [6, 6.07) is 17.9. The highest BCUT2D eigenvalue weighted by Crippen LogP contribution is 2.53. The van der Waals surface area contributed by atoms with Gasteiger partial charge in [-0.3, -0.25) is 15.5 Å². The number of hydrazine groups is 1. The lowest BCUT2D eigenvalue weighted by atomic mass is 9.63. The maximum absolute atomic E-state index is 15.1. The van der Waals surface area contributed by atoms with Crippen LogP contribution in [0.2, 0.25) is 0 Å². The molecule has 0 radical (unpaired) electrons. The molecule has 6 nitrogen and oxygen atoms in total. The molecule has 6 heteroatoms. The van der Waals surface area contributed by atoms with Crippen molar-refractivity contribution in [3.63, 3.8) is 0 Å². The molecule has 2 saturated carbocycles. The summed E-state index contributed by atoms with van der Waals surface area (Å²) in [6.45, 7) is 5.65. The Morgan fingerprint density at radius 1 is 0.826 bits per heavy atom. The van der Waals surface area contributed by atoms with Crippen molar-refractivity contribution in [3.05, 3.63) is 48.5 Å². The summed E-state index contributed by atoms with van der Waals surface area (Å²) in [5.41, 5.74) is 8.00. The van der Waals surface area contributed by atoms with Crippen molar-refractivity contribution in [2.24, 2.45) is 28.6 Å². The number of anilines is 2. The number of benzene rings is 2. The standard InChI is InChI=1S/C40H59N5O/c1-28-39-23-9-5-6-13-30(17-12-24-39)31-14-7-8-18-34(22-21-31)40(27-41-45(29(39)2)37(40)42-28)38(46)43-35-19-10-15-32(25-35)33-16-11-20-36(26-33)44(3)4/h10-11,15-16,19-20,25-26,28-31,34,37,41-42H,5-9,12-14,17-18,21-24,27H2,1-4H3,(H,43,46). The second-order valence-corrected chi connectivity index (χ2v) is 16.0. The van der Waals surface area contributed by atoms with Crippen LogP contribution in [0.4, 0.5) is 11.4 Å². The van der Waals surface area contributed by atoms with E-state index in [0.29, 0.717) is 24.5 Å². The van der Waals surface area contributed by atoms with Gasteiger partial charge in [0.05, 0.1) is 11.6 Å². The molecule has 2 aromatic rings. The van der Waals surface area contributed by atoms with Gasteiger partial charge in [0.1, 0.15) is 0 Å². The molecule has 3 N–H and O–H groups in total. The smallest absolute Gasteiger partial charge is 0.235 e. The number of rotatable bonds is 4. The SMILES string of the molecule is CC1NC2N3NCC2(C(=O)Nc2cccc(-c4cccc(N(C)C)c4)c2)C2CCCCC(CC2)C2CCCCCC1(CCC2)C3C. The number of nitrogens with zero attached hydrogens (tertiary/aromatic N) is 2. The molecule has 1 spiro atoms. The lowest BCUT2D eigenvalue weighted by Crippen LogP contribution is -2.72. The van der Waals surface area contributed by atoms with Crippen molar-refractivity contribution in [1.29, 1.82) is 0 Å². The molecule has 4 heterocycles. The first-order chi connectivity index (χ1) is 22.3. The Morgan fingerprint density at radius 2 is 1.52 bits per heavy atom. The van der Waals surface area contributed by atoms with E-state index in [0.717, 1.165) is 35.9 Å². The normalized spacial score (nSPS) is 37.9. The molecule has 0 aromatic heterocycles. The molecule has 8 rings (SSSR count). The summed E-state index contributed by atoms with van der Waals surface area (Å²) in [6.07, 6.45) is 18.4. The van der Waals surface area contributed by atoms with E-state index in [1.54, 1.807) is 0 Å². The van der Waals surface area contributed by atoms with E-state index in [9.17, 15) is 0 Å². The Bertz CT molecular complexity index is 1380. The van der Waals surface area contributed by atoms with Crippen molar-refractivity contribution in [3.8, 4) is 11.1 Å².